The van der Waals surface area contributed by atoms with Crippen LogP contribution in [0, 0.1) is 0 Å². The molecule has 0 bridgehead atoms. The summed E-state index contributed by atoms with van der Waals surface area (Å²) in [5.41, 5.74) is 4.25. The zero-order valence-corrected chi connectivity index (χ0v) is 14.1. The van der Waals surface area contributed by atoms with Crippen molar-refractivity contribution in [2.24, 2.45) is 0 Å². The van der Waals surface area contributed by atoms with E-state index in [1.165, 1.54) is 0 Å². The van der Waals surface area contributed by atoms with E-state index in [0.717, 1.165) is 34.6 Å². The van der Waals surface area contributed by atoms with Crippen molar-refractivity contribution < 1.29 is 21.7 Å². The molecule has 0 saturated carbocycles. The largest absolute Gasteiger partial charge is 0.493 e. The number of rotatable bonds is 2. The maximum atomic E-state index is 8.90. The summed E-state index contributed by atoms with van der Waals surface area (Å²) in [6, 6.07) is 7.65. The second-order valence-corrected chi connectivity index (χ2v) is 6.17. The van der Waals surface area contributed by atoms with Crippen molar-refractivity contribution >= 4 is 11.8 Å². The summed E-state index contributed by atoms with van der Waals surface area (Å²) in [7, 11) is 3.10. The predicted molar refractivity (Wildman–Crippen MR) is 94.1 cm³/mol. The van der Waals surface area contributed by atoms with Crippen molar-refractivity contribution in [3.63, 3.8) is 0 Å². The molecular weight excluding hydrogens is 318 g/mol. The fourth-order valence-electron chi connectivity index (χ4n) is 3.66. The number of hydrogen-bond acceptors (Lipinski definition) is 5. The predicted octanol–water partition coefficient (Wildman–Crippen LogP) is 3.30. The van der Waals surface area contributed by atoms with Crippen LogP contribution in [0.4, 0.5) is 0 Å². The molecule has 3 heterocycles. The highest BCUT2D eigenvalue weighted by Crippen LogP contribution is 2.45. The van der Waals surface area contributed by atoms with Crippen LogP contribution in [0.2, 0.25) is 0 Å². The van der Waals surface area contributed by atoms with Crippen molar-refractivity contribution in [2.75, 3.05) is 27.6 Å². The van der Waals surface area contributed by atoms with E-state index in [-0.39, 0.29) is 6.79 Å². The standard InChI is InChI=1S/C20H19NO4/c1-22-17-4-3-12-7-16-14-9-19-18(24-11-25-19)8-13(14)5-6-21(16)10-15(12)20(17)23-2/h3-4,7-9H,5-6,10-11H2,1-2H3/i10D2. The van der Waals surface area contributed by atoms with E-state index in [1.54, 1.807) is 19.1 Å². The second-order valence-electron chi connectivity index (χ2n) is 6.17. The molecule has 0 amide bonds. The fraction of sp³-hybridized carbons (Fsp3) is 0.300. The Morgan fingerprint density at radius 2 is 1.96 bits per heavy atom. The van der Waals surface area contributed by atoms with Gasteiger partial charge < -0.3 is 23.8 Å². The van der Waals surface area contributed by atoms with Crippen LogP contribution in [0.5, 0.6) is 23.0 Å². The Labute approximate surface area is 149 Å². The first-order valence-electron chi connectivity index (χ1n) is 9.22. The van der Waals surface area contributed by atoms with Crippen LogP contribution < -0.4 is 18.9 Å². The molecule has 0 aromatic heterocycles. The van der Waals surface area contributed by atoms with Gasteiger partial charge in [0, 0.05) is 29.9 Å². The normalized spacial score (nSPS) is 19.8. The lowest BCUT2D eigenvalue weighted by atomic mass is 9.90. The van der Waals surface area contributed by atoms with E-state index in [9.17, 15) is 0 Å². The smallest absolute Gasteiger partial charge is 0.231 e. The van der Waals surface area contributed by atoms with Gasteiger partial charge in [-0.05, 0) is 41.8 Å². The van der Waals surface area contributed by atoms with Gasteiger partial charge in [-0.25, -0.2) is 0 Å². The van der Waals surface area contributed by atoms with E-state index in [4.69, 9.17) is 21.7 Å². The molecule has 5 rings (SSSR count). The molecule has 25 heavy (non-hydrogen) atoms. The lowest BCUT2D eigenvalue weighted by molar-refractivity contribution is 0.174. The van der Waals surface area contributed by atoms with Gasteiger partial charge in [0.25, 0.3) is 0 Å². The van der Waals surface area contributed by atoms with E-state index in [1.807, 2.05) is 30.3 Å². The van der Waals surface area contributed by atoms with Gasteiger partial charge in [0.2, 0.25) is 6.79 Å². The molecule has 0 radical (unpaired) electrons. The highest BCUT2D eigenvalue weighted by Gasteiger charge is 2.30. The third-order valence-corrected chi connectivity index (χ3v) is 4.89. The van der Waals surface area contributed by atoms with Gasteiger partial charge in [0.05, 0.1) is 17.0 Å². The minimum Gasteiger partial charge on any atom is -0.493 e. The molecule has 0 fully saturated rings. The van der Waals surface area contributed by atoms with Crippen LogP contribution in [0.25, 0.3) is 11.8 Å². The van der Waals surface area contributed by atoms with Gasteiger partial charge in [0.15, 0.2) is 23.0 Å². The summed E-state index contributed by atoms with van der Waals surface area (Å²) in [4.78, 5) is 1.79. The molecule has 2 aromatic rings. The number of ether oxygens (including phenoxy) is 4. The van der Waals surface area contributed by atoms with E-state index in [0.29, 0.717) is 29.4 Å². The van der Waals surface area contributed by atoms with E-state index in [2.05, 4.69) is 0 Å². The fourth-order valence-corrected chi connectivity index (χ4v) is 3.66. The van der Waals surface area contributed by atoms with Gasteiger partial charge in [-0.3, -0.25) is 0 Å². The minimum atomic E-state index is -1.73. The first kappa shape index (κ1) is 12.5. The van der Waals surface area contributed by atoms with Crippen molar-refractivity contribution in [3.05, 3.63) is 46.5 Å². The van der Waals surface area contributed by atoms with Gasteiger partial charge in [-0.2, -0.15) is 0 Å². The van der Waals surface area contributed by atoms with Crippen LogP contribution in [-0.2, 0) is 12.9 Å². The first-order chi connectivity index (χ1) is 13.0. The quantitative estimate of drug-likeness (QED) is 0.840. The molecule has 128 valence electrons. The third-order valence-electron chi connectivity index (χ3n) is 4.89. The Hall–Kier alpha value is -2.82. The van der Waals surface area contributed by atoms with Crippen molar-refractivity contribution in [2.45, 2.75) is 12.9 Å². The molecule has 5 nitrogen and oxygen atoms in total. The Morgan fingerprint density at radius 3 is 2.76 bits per heavy atom. The summed E-state index contributed by atoms with van der Waals surface area (Å²) in [5, 5.41) is 0. The molecule has 0 aliphatic carbocycles. The Morgan fingerprint density at radius 1 is 1.12 bits per heavy atom. The van der Waals surface area contributed by atoms with Crippen molar-refractivity contribution in [3.8, 4) is 23.0 Å². The second kappa shape index (κ2) is 5.34. The van der Waals surface area contributed by atoms with Gasteiger partial charge >= 0.3 is 0 Å². The Bertz CT molecular complexity index is 986. The maximum Gasteiger partial charge on any atom is 0.231 e. The SMILES string of the molecule is [2H]C1([2H])c2c(ccc(OC)c2OC)C=C2c3cc4c(cc3CCN21)OCO4. The van der Waals surface area contributed by atoms with Gasteiger partial charge in [0.1, 0.15) is 0 Å². The van der Waals surface area contributed by atoms with Crippen LogP contribution in [0.1, 0.15) is 25.0 Å². The summed E-state index contributed by atoms with van der Waals surface area (Å²) in [5.74, 6) is 2.42. The molecule has 0 spiro atoms. The molecular formula is C20H19NO4. The molecule has 0 atom stereocenters. The number of nitrogens with zero attached hydrogens (tertiary/aromatic N) is 1. The lowest BCUT2D eigenvalue weighted by Crippen LogP contribution is -2.31. The van der Waals surface area contributed by atoms with Crippen molar-refractivity contribution in [1.29, 1.82) is 0 Å². The number of methoxy groups -OCH3 is 2. The van der Waals surface area contributed by atoms with Gasteiger partial charge in [-0.15, -0.1) is 0 Å². The summed E-state index contributed by atoms with van der Waals surface area (Å²) < 4.78 is 39.7. The topological polar surface area (TPSA) is 40.2 Å². The third kappa shape index (κ3) is 2.08. The number of fused-ring (bicyclic) bond motifs is 5. The van der Waals surface area contributed by atoms with Crippen LogP contribution in [-0.4, -0.2) is 32.5 Å². The van der Waals surface area contributed by atoms with E-state index < -0.39 is 6.50 Å². The monoisotopic (exact) mass is 339 g/mol. The molecule has 3 aliphatic heterocycles. The number of hydrogen-bond donors (Lipinski definition) is 0. The van der Waals surface area contributed by atoms with Crippen molar-refractivity contribution in [1.82, 2.24) is 4.90 Å². The average Bonchev–Trinajstić information content (AvgIpc) is 3.12. The molecule has 0 N–H and O–H groups in total. The van der Waals surface area contributed by atoms with Crippen LogP contribution in [0.15, 0.2) is 24.3 Å². The average molecular weight is 339 g/mol. The zero-order chi connectivity index (χ0) is 18.8. The number of benzene rings is 2. The zero-order valence-electron chi connectivity index (χ0n) is 16.1. The summed E-state index contributed by atoms with van der Waals surface area (Å²) in [6.45, 7) is -0.944. The highest BCUT2D eigenvalue weighted by atomic mass is 16.7. The highest BCUT2D eigenvalue weighted by molar-refractivity contribution is 5.87. The van der Waals surface area contributed by atoms with Crippen LogP contribution >= 0.6 is 0 Å². The molecule has 2 aromatic carbocycles. The van der Waals surface area contributed by atoms with Crippen LogP contribution in [0.3, 0.4) is 0 Å². The Kier molecular flexibility index (Phi) is 2.68. The van der Waals surface area contributed by atoms with E-state index >= 15 is 0 Å². The maximum absolute atomic E-state index is 8.90. The molecule has 0 unspecified atom stereocenters. The molecule has 3 aliphatic rings. The van der Waals surface area contributed by atoms with Gasteiger partial charge in [-0.1, -0.05) is 6.07 Å². The summed E-state index contributed by atoms with van der Waals surface area (Å²) >= 11 is 0. The Balaban J connectivity index is 1.74. The first-order valence-corrected chi connectivity index (χ1v) is 8.22. The lowest BCUT2D eigenvalue weighted by Gasteiger charge is -2.37. The summed E-state index contributed by atoms with van der Waals surface area (Å²) in [6.07, 6.45) is 2.74. The molecule has 0 saturated heterocycles. The minimum absolute atomic E-state index is 0.224. The molecule has 5 heteroatoms.